The number of nitrogens with zero attached hydrogens (tertiary/aromatic N) is 3. The fourth-order valence-corrected chi connectivity index (χ4v) is 4.25. The molecule has 1 aromatic heterocycles. The van der Waals surface area contributed by atoms with Gasteiger partial charge >= 0.3 is 5.97 Å². The molecule has 0 atom stereocenters. The molecule has 1 N–H and O–H groups in total. The van der Waals surface area contributed by atoms with Gasteiger partial charge in [0.2, 0.25) is 5.91 Å². The van der Waals surface area contributed by atoms with Crippen LogP contribution in [-0.4, -0.2) is 72.5 Å². The number of hydrogen-bond donors (Lipinski definition) is 1. The molecule has 0 spiro atoms. The molecule has 1 saturated heterocycles. The first-order valence-corrected chi connectivity index (χ1v) is 10.7. The second-order valence-electron chi connectivity index (χ2n) is 6.89. The van der Waals surface area contributed by atoms with Crippen LogP contribution in [0.25, 0.3) is 10.2 Å². The quantitative estimate of drug-likeness (QED) is 0.508. The van der Waals surface area contributed by atoms with Crippen LogP contribution in [0.5, 0.6) is 0 Å². The van der Waals surface area contributed by atoms with Gasteiger partial charge in [0, 0.05) is 39.1 Å². The van der Waals surface area contributed by atoms with Gasteiger partial charge in [-0.3, -0.25) is 19.4 Å². The van der Waals surface area contributed by atoms with E-state index in [1.807, 2.05) is 12.1 Å². The Labute approximate surface area is 169 Å². The van der Waals surface area contributed by atoms with Crippen molar-refractivity contribution in [1.29, 1.82) is 0 Å². The first kappa shape index (κ1) is 20.7. The molecule has 8 heteroatoms. The molecule has 0 bridgehead atoms. The van der Waals surface area contributed by atoms with E-state index in [1.54, 1.807) is 18.3 Å². The van der Waals surface area contributed by atoms with Gasteiger partial charge in [-0.05, 0) is 25.5 Å². The van der Waals surface area contributed by atoms with Crippen LogP contribution in [0.3, 0.4) is 0 Å². The fraction of sp³-hybridized carbons (Fsp3) is 0.550. The molecule has 1 aliphatic heterocycles. The Morgan fingerprint density at radius 1 is 1.18 bits per heavy atom. The summed E-state index contributed by atoms with van der Waals surface area (Å²) in [5.41, 5.74) is 1.07. The van der Waals surface area contributed by atoms with Crippen LogP contribution in [0.2, 0.25) is 0 Å². The molecule has 0 aliphatic carbocycles. The number of esters is 1. The SMILES string of the molecule is CCOC(=O)CCCNC(=O)CN1CCN(Cc2nc3ccccc3s2)CC1. The van der Waals surface area contributed by atoms with Crippen molar-refractivity contribution < 1.29 is 14.3 Å². The summed E-state index contributed by atoms with van der Waals surface area (Å²) < 4.78 is 6.10. The average molecular weight is 405 g/mol. The first-order chi connectivity index (χ1) is 13.6. The lowest BCUT2D eigenvalue weighted by Gasteiger charge is -2.33. The third-order valence-electron chi connectivity index (χ3n) is 4.71. The van der Waals surface area contributed by atoms with Crippen molar-refractivity contribution in [3.8, 4) is 0 Å². The number of nitrogens with one attached hydrogen (secondary N) is 1. The second kappa shape index (κ2) is 10.5. The lowest BCUT2D eigenvalue weighted by atomic mass is 10.3. The van der Waals surface area contributed by atoms with Crippen LogP contribution in [0.15, 0.2) is 24.3 Å². The average Bonchev–Trinajstić information content (AvgIpc) is 3.09. The lowest BCUT2D eigenvalue weighted by molar-refractivity contribution is -0.143. The summed E-state index contributed by atoms with van der Waals surface area (Å²) in [6, 6.07) is 8.23. The van der Waals surface area contributed by atoms with Crippen molar-refractivity contribution in [3.05, 3.63) is 29.3 Å². The van der Waals surface area contributed by atoms with Crippen LogP contribution >= 0.6 is 11.3 Å². The molecule has 1 amide bonds. The zero-order valence-corrected chi connectivity index (χ0v) is 17.2. The van der Waals surface area contributed by atoms with Gasteiger partial charge in [-0.15, -0.1) is 11.3 Å². The number of benzene rings is 1. The van der Waals surface area contributed by atoms with Gasteiger partial charge in [0.05, 0.1) is 29.9 Å². The molecule has 0 saturated carbocycles. The van der Waals surface area contributed by atoms with E-state index in [0.29, 0.717) is 32.5 Å². The van der Waals surface area contributed by atoms with E-state index in [4.69, 9.17) is 9.72 Å². The largest absolute Gasteiger partial charge is 0.466 e. The van der Waals surface area contributed by atoms with Crippen LogP contribution in [0.4, 0.5) is 0 Å². The van der Waals surface area contributed by atoms with Crippen molar-refractivity contribution in [1.82, 2.24) is 20.1 Å². The number of ether oxygens (including phenoxy) is 1. The van der Waals surface area contributed by atoms with E-state index in [0.717, 1.165) is 43.2 Å². The van der Waals surface area contributed by atoms with Crippen LogP contribution in [0, 0.1) is 0 Å². The van der Waals surface area contributed by atoms with Crippen LogP contribution in [-0.2, 0) is 20.9 Å². The van der Waals surface area contributed by atoms with Gasteiger partial charge in [0.25, 0.3) is 0 Å². The molecular weight excluding hydrogens is 376 g/mol. The number of para-hydroxylation sites is 1. The lowest BCUT2D eigenvalue weighted by Crippen LogP contribution is -2.49. The molecule has 1 aromatic carbocycles. The zero-order valence-electron chi connectivity index (χ0n) is 16.4. The van der Waals surface area contributed by atoms with E-state index in [2.05, 4.69) is 27.2 Å². The Kier molecular flexibility index (Phi) is 7.76. The Bertz CT molecular complexity index is 754. The number of carbonyl (C=O) groups excluding carboxylic acids is 2. The highest BCUT2D eigenvalue weighted by molar-refractivity contribution is 7.18. The highest BCUT2D eigenvalue weighted by Crippen LogP contribution is 2.22. The van der Waals surface area contributed by atoms with Crippen molar-refractivity contribution in [2.75, 3.05) is 45.9 Å². The Balaban J connectivity index is 1.32. The second-order valence-corrected chi connectivity index (χ2v) is 8.00. The van der Waals surface area contributed by atoms with Gasteiger partial charge in [0.1, 0.15) is 5.01 Å². The smallest absolute Gasteiger partial charge is 0.305 e. The molecular formula is C20H28N4O3S. The summed E-state index contributed by atoms with van der Waals surface area (Å²) in [5.74, 6) is -0.190. The molecule has 1 aliphatic rings. The number of amides is 1. The summed E-state index contributed by atoms with van der Waals surface area (Å²) in [4.78, 5) is 32.6. The minimum absolute atomic E-state index is 0.0171. The minimum Gasteiger partial charge on any atom is -0.466 e. The topological polar surface area (TPSA) is 74.8 Å². The number of aromatic nitrogens is 1. The van der Waals surface area contributed by atoms with Crippen molar-refractivity contribution in [2.24, 2.45) is 0 Å². The third kappa shape index (κ3) is 6.25. The molecule has 0 radical (unpaired) electrons. The van der Waals surface area contributed by atoms with Gasteiger partial charge in [-0.1, -0.05) is 12.1 Å². The number of hydrogen-bond acceptors (Lipinski definition) is 7. The maximum atomic E-state index is 12.1. The summed E-state index contributed by atoms with van der Waals surface area (Å²) in [7, 11) is 0. The summed E-state index contributed by atoms with van der Waals surface area (Å²) in [6.07, 6.45) is 0.957. The van der Waals surface area contributed by atoms with Gasteiger partial charge < -0.3 is 10.1 Å². The minimum atomic E-state index is -0.207. The fourth-order valence-electron chi connectivity index (χ4n) is 3.24. The van der Waals surface area contributed by atoms with Gasteiger partial charge in [-0.2, -0.15) is 0 Å². The number of thiazole rings is 1. The highest BCUT2D eigenvalue weighted by Gasteiger charge is 2.20. The predicted octanol–water partition coefficient (Wildman–Crippen LogP) is 1.87. The zero-order chi connectivity index (χ0) is 19.8. The first-order valence-electron chi connectivity index (χ1n) is 9.85. The van der Waals surface area contributed by atoms with Crippen molar-refractivity contribution >= 4 is 33.4 Å². The molecule has 2 aromatic rings. The van der Waals surface area contributed by atoms with E-state index in [-0.39, 0.29) is 11.9 Å². The van der Waals surface area contributed by atoms with E-state index in [9.17, 15) is 9.59 Å². The molecule has 28 heavy (non-hydrogen) atoms. The standard InChI is InChI=1S/C20H28N4O3S/c1-2-27-20(26)8-5-9-21-18(25)14-23-10-12-24(13-11-23)15-19-22-16-6-3-4-7-17(16)28-19/h3-4,6-7H,2,5,8-15H2,1H3,(H,21,25). The Hall–Kier alpha value is -2.03. The van der Waals surface area contributed by atoms with E-state index in [1.165, 1.54) is 4.70 Å². The molecule has 1 fully saturated rings. The van der Waals surface area contributed by atoms with Crippen LogP contribution < -0.4 is 5.32 Å². The monoisotopic (exact) mass is 404 g/mol. The Morgan fingerprint density at radius 3 is 2.68 bits per heavy atom. The summed E-state index contributed by atoms with van der Waals surface area (Å²) in [6.45, 7) is 7.60. The predicted molar refractivity (Wildman–Crippen MR) is 110 cm³/mol. The summed E-state index contributed by atoms with van der Waals surface area (Å²) >= 11 is 1.76. The van der Waals surface area contributed by atoms with Crippen molar-refractivity contribution in [3.63, 3.8) is 0 Å². The Morgan fingerprint density at radius 2 is 1.93 bits per heavy atom. The van der Waals surface area contributed by atoms with Crippen molar-refractivity contribution in [2.45, 2.75) is 26.3 Å². The molecule has 2 heterocycles. The van der Waals surface area contributed by atoms with Gasteiger partial charge in [-0.25, -0.2) is 4.98 Å². The molecule has 0 unspecified atom stereocenters. The third-order valence-corrected chi connectivity index (χ3v) is 5.74. The number of piperazine rings is 1. The molecule has 152 valence electrons. The molecule has 7 nitrogen and oxygen atoms in total. The van der Waals surface area contributed by atoms with Gasteiger partial charge in [0.15, 0.2) is 0 Å². The number of carbonyl (C=O) groups is 2. The highest BCUT2D eigenvalue weighted by atomic mass is 32.1. The number of rotatable bonds is 9. The maximum absolute atomic E-state index is 12.1. The summed E-state index contributed by atoms with van der Waals surface area (Å²) in [5, 5.41) is 4.03. The maximum Gasteiger partial charge on any atom is 0.305 e. The molecule has 3 rings (SSSR count). The normalized spacial score (nSPS) is 15.6. The van der Waals surface area contributed by atoms with E-state index >= 15 is 0 Å². The van der Waals surface area contributed by atoms with Crippen LogP contribution in [0.1, 0.15) is 24.8 Å². The number of fused-ring (bicyclic) bond motifs is 1. The van der Waals surface area contributed by atoms with E-state index < -0.39 is 0 Å².